The molecule has 0 bridgehead atoms. The molecule has 7 nitrogen and oxygen atoms in total. The third-order valence-electron chi connectivity index (χ3n) is 3.30. The van der Waals surface area contributed by atoms with Crippen LogP contribution in [-0.2, 0) is 6.54 Å². The van der Waals surface area contributed by atoms with Crippen LogP contribution in [0.25, 0.3) is 0 Å². The Labute approximate surface area is 131 Å². The maximum atomic E-state index is 12.0. The van der Waals surface area contributed by atoms with Crippen molar-refractivity contribution in [2.45, 2.75) is 6.54 Å². The summed E-state index contributed by atoms with van der Waals surface area (Å²) >= 11 is 0. The highest BCUT2D eigenvalue weighted by atomic mass is 16.6. The van der Waals surface area contributed by atoms with E-state index in [2.05, 4.69) is 10.3 Å². The zero-order valence-corrected chi connectivity index (χ0v) is 12.1. The van der Waals surface area contributed by atoms with E-state index in [0.717, 1.165) is 5.56 Å². The van der Waals surface area contributed by atoms with E-state index < -0.39 is 5.97 Å². The molecule has 1 aliphatic rings. The van der Waals surface area contributed by atoms with Gasteiger partial charge in [-0.05, 0) is 29.8 Å². The molecule has 1 amide bonds. The van der Waals surface area contributed by atoms with Gasteiger partial charge in [-0.25, -0.2) is 9.78 Å². The smallest absolute Gasteiger partial charge is 0.354 e. The summed E-state index contributed by atoms with van der Waals surface area (Å²) < 4.78 is 10.9. The highest BCUT2D eigenvalue weighted by molar-refractivity contribution is 5.94. The van der Waals surface area contributed by atoms with E-state index in [1.54, 1.807) is 6.07 Å². The van der Waals surface area contributed by atoms with Gasteiger partial charge in [0.2, 0.25) is 0 Å². The Morgan fingerprint density at radius 3 is 2.61 bits per heavy atom. The summed E-state index contributed by atoms with van der Waals surface area (Å²) in [7, 11) is 0. The van der Waals surface area contributed by atoms with Gasteiger partial charge in [0.1, 0.15) is 18.9 Å². The first-order chi connectivity index (χ1) is 11.1. The summed E-state index contributed by atoms with van der Waals surface area (Å²) in [6.45, 7) is 1.35. The predicted molar refractivity (Wildman–Crippen MR) is 79.8 cm³/mol. The van der Waals surface area contributed by atoms with Crippen LogP contribution in [0.4, 0.5) is 0 Å². The fourth-order valence-electron chi connectivity index (χ4n) is 2.14. The van der Waals surface area contributed by atoms with Crippen molar-refractivity contribution < 1.29 is 24.2 Å². The van der Waals surface area contributed by atoms with Crippen LogP contribution in [0.2, 0.25) is 0 Å². The molecule has 1 aromatic carbocycles. The van der Waals surface area contributed by atoms with Gasteiger partial charge in [0.15, 0.2) is 11.5 Å². The van der Waals surface area contributed by atoms with Gasteiger partial charge in [-0.1, -0.05) is 6.07 Å². The number of pyridine rings is 1. The number of aromatic carboxylic acids is 1. The van der Waals surface area contributed by atoms with Crippen LogP contribution in [0.15, 0.2) is 36.5 Å². The summed E-state index contributed by atoms with van der Waals surface area (Å²) in [6, 6.07) is 8.19. The van der Waals surface area contributed by atoms with Crippen molar-refractivity contribution in [1.82, 2.24) is 10.3 Å². The molecule has 0 atom stereocenters. The average Bonchev–Trinajstić information content (AvgIpc) is 2.59. The van der Waals surface area contributed by atoms with E-state index in [4.69, 9.17) is 14.6 Å². The van der Waals surface area contributed by atoms with E-state index >= 15 is 0 Å². The van der Waals surface area contributed by atoms with Gasteiger partial charge < -0.3 is 19.9 Å². The predicted octanol–water partition coefficient (Wildman–Crippen LogP) is 1.48. The molecule has 2 aromatic rings. The molecule has 1 aliphatic heterocycles. The molecule has 0 spiro atoms. The second-order valence-corrected chi connectivity index (χ2v) is 4.90. The van der Waals surface area contributed by atoms with Crippen molar-refractivity contribution in [3.8, 4) is 11.5 Å². The van der Waals surface area contributed by atoms with Crippen LogP contribution in [0.3, 0.4) is 0 Å². The third kappa shape index (κ3) is 3.39. The van der Waals surface area contributed by atoms with Crippen LogP contribution in [0.1, 0.15) is 26.4 Å². The average molecular weight is 314 g/mol. The Morgan fingerprint density at radius 1 is 1.13 bits per heavy atom. The molecule has 1 aromatic heterocycles. The fraction of sp³-hybridized carbons (Fsp3) is 0.188. The van der Waals surface area contributed by atoms with Gasteiger partial charge in [-0.15, -0.1) is 0 Å². The summed E-state index contributed by atoms with van der Waals surface area (Å²) in [5.41, 5.74) is 1.07. The summed E-state index contributed by atoms with van der Waals surface area (Å²) in [5.74, 6) is -0.104. The second-order valence-electron chi connectivity index (χ2n) is 4.90. The summed E-state index contributed by atoms with van der Waals surface area (Å²) in [5, 5.41) is 11.5. The maximum absolute atomic E-state index is 12.0. The van der Waals surface area contributed by atoms with Crippen molar-refractivity contribution in [2.75, 3.05) is 13.2 Å². The van der Waals surface area contributed by atoms with Gasteiger partial charge in [-0.3, -0.25) is 4.79 Å². The van der Waals surface area contributed by atoms with Crippen molar-refractivity contribution in [1.29, 1.82) is 0 Å². The molecule has 0 unspecified atom stereocenters. The quantitative estimate of drug-likeness (QED) is 0.887. The Hall–Kier alpha value is -3.09. The first kappa shape index (κ1) is 14.8. The van der Waals surface area contributed by atoms with E-state index in [1.165, 1.54) is 18.3 Å². The van der Waals surface area contributed by atoms with Crippen LogP contribution >= 0.6 is 0 Å². The molecular formula is C16H14N2O5. The molecule has 0 saturated carbocycles. The number of carboxylic acid groups (broad SMARTS) is 1. The zero-order chi connectivity index (χ0) is 16.2. The Kier molecular flexibility index (Phi) is 4.09. The van der Waals surface area contributed by atoms with Gasteiger partial charge in [0.05, 0.1) is 5.56 Å². The number of benzene rings is 1. The topological polar surface area (TPSA) is 97.8 Å². The molecule has 7 heteroatoms. The van der Waals surface area contributed by atoms with Gasteiger partial charge >= 0.3 is 5.97 Å². The first-order valence-electron chi connectivity index (χ1n) is 6.99. The second kappa shape index (κ2) is 6.35. The Balaban J connectivity index is 1.63. The van der Waals surface area contributed by atoms with Crippen molar-refractivity contribution in [3.63, 3.8) is 0 Å². The minimum Gasteiger partial charge on any atom is -0.486 e. The third-order valence-corrected chi connectivity index (χ3v) is 3.30. The molecule has 0 radical (unpaired) electrons. The van der Waals surface area contributed by atoms with Crippen molar-refractivity contribution in [3.05, 3.63) is 53.3 Å². The minimum absolute atomic E-state index is 0.103. The van der Waals surface area contributed by atoms with Gasteiger partial charge in [0, 0.05) is 12.7 Å². The SMILES string of the molecule is O=C(NCc1ccc2c(c1)OCCO2)c1ccc(C(=O)O)nc1. The van der Waals surface area contributed by atoms with Crippen molar-refractivity contribution >= 4 is 11.9 Å². The van der Waals surface area contributed by atoms with E-state index in [0.29, 0.717) is 36.8 Å². The standard InChI is InChI=1S/C16H14N2O5/c19-15(11-2-3-12(16(20)21)17-9-11)18-8-10-1-4-13-14(7-10)23-6-5-22-13/h1-4,7,9H,5-6,8H2,(H,18,19)(H,20,21). The van der Waals surface area contributed by atoms with Gasteiger partial charge in [0.25, 0.3) is 5.91 Å². The lowest BCUT2D eigenvalue weighted by Crippen LogP contribution is -2.23. The molecular weight excluding hydrogens is 300 g/mol. The van der Waals surface area contributed by atoms with Crippen LogP contribution in [0, 0.1) is 0 Å². The number of carbonyl (C=O) groups is 2. The van der Waals surface area contributed by atoms with Crippen LogP contribution in [-0.4, -0.2) is 35.2 Å². The first-order valence-corrected chi connectivity index (χ1v) is 6.99. The number of carbonyl (C=O) groups excluding carboxylic acids is 1. The molecule has 0 saturated heterocycles. The number of hydrogen-bond acceptors (Lipinski definition) is 5. The largest absolute Gasteiger partial charge is 0.486 e. The number of carboxylic acids is 1. The van der Waals surface area contributed by atoms with Crippen LogP contribution in [0.5, 0.6) is 11.5 Å². The summed E-state index contributed by atoms with van der Waals surface area (Å²) in [4.78, 5) is 26.5. The highest BCUT2D eigenvalue weighted by Gasteiger charge is 2.13. The zero-order valence-electron chi connectivity index (χ0n) is 12.1. The Morgan fingerprint density at radius 2 is 1.91 bits per heavy atom. The maximum Gasteiger partial charge on any atom is 0.354 e. The Bertz CT molecular complexity index is 743. The molecule has 2 N–H and O–H groups in total. The lowest BCUT2D eigenvalue weighted by Gasteiger charge is -2.19. The van der Waals surface area contributed by atoms with E-state index in [1.807, 2.05) is 12.1 Å². The lowest BCUT2D eigenvalue weighted by atomic mass is 10.2. The van der Waals surface area contributed by atoms with E-state index in [9.17, 15) is 9.59 Å². The van der Waals surface area contributed by atoms with Gasteiger partial charge in [-0.2, -0.15) is 0 Å². The molecule has 23 heavy (non-hydrogen) atoms. The number of nitrogens with zero attached hydrogens (tertiary/aromatic N) is 1. The van der Waals surface area contributed by atoms with Crippen LogP contribution < -0.4 is 14.8 Å². The normalized spacial score (nSPS) is 12.5. The molecule has 0 fully saturated rings. The molecule has 0 aliphatic carbocycles. The van der Waals surface area contributed by atoms with E-state index in [-0.39, 0.29) is 11.6 Å². The fourth-order valence-corrected chi connectivity index (χ4v) is 2.14. The summed E-state index contributed by atoms with van der Waals surface area (Å²) in [6.07, 6.45) is 1.24. The monoisotopic (exact) mass is 314 g/mol. The number of amides is 1. The number of nitrogens with one attached hydrogen (secondary N) is 1. The lowest BCUT2D eigenvalue weighted by molar-refractivity contribution is 0.0689. The number of aromatic nitrogens is 1. The number of hydrogen-bond donors (Lipinski definition) is 2. The minimum atomic E-state index is -1.13. The number of ether oxygens (including phenoxy) is 2. The molecule has 2 heterocycles. The molecule has 118 valence electrons. The highest BCUT2D eigenvalue weighted by Crippen LogP contribution is 2.30. The number of fused-ring (bicyclic) bond motifs is 1. The molecule has 3 rings (SSSR count). The number of rotatable bonds is 4. The van der Waals surface area contributed by atoms with Crippen molar-refractivity contribution in [2.24, 2.45) is 0 Å².